The lowest BCUT2D eigenvalue weighted by atomic mass is 9.96. The monoisotopic (exact) mass is 520 g/mol. The second kappa shape index (κ2) is 10.5. The topological polar surface area (TPSA) is 61.4 Å². The Morgan fingerprint density at radius 3 is 2.38 bits per heavy atom. The maximum absolute atomic E-state index is 13.9. The van der Waals surface area contributed by atoms with Crippen molar-refractivity contribution in [3.8, 4) is 17.1 Å². The average molecular weight is 521 g/mol. The molecule has 0 saturated heterocycles. The lowest BCUT2D eigenvalue weighted by Crippen LogP contribution is -2.21. The molecule has 3 aromatic carbocycles. The largest absolute Gasteiger partial charge is 0.496 e. The minimum Gasteiger partial charge on any atom is -0.496 e. The molecule has 2 heterocycles. The van der Waals surface area contributed by atoms with Gasteiger partial charge in [0.1, 0.15) is 5.75 Å². The van der Waals surface area contributed by atoms with Crippen molar-refractivity contribution < 1.29 is 4.74 Å². The molecule has 0 fully saturated rings. The first kappa shape index (κ1) is 26.4. The van der Waals surface area contributed by atoms with Crippen LogP contribution in [0.2, 0.25) is 0 Å². The van der Waals surface area contributed by atoms with Gasteiger partial charge >= 0.3 is 0 Å². The number of methoxy groups -OCH3 is 1. The molecule has 0 aliphatic heterocycles. The highest BCUT2D eigenvalue weighted by Crippen LogP contribution is 2.34. The van der Waals surface area contributed by atoms with E-state index in [1.807, 2.05) is 43.5 Å². The molecule has 5 aromatic rings. The number of hydrogen-bond acceptors (Lipinski definition) is 4. The Labute approximate surface area is 229 Å². The molecule has 6 nitrogen and oxygen atoms in total. The van der Waals surface area contributed by atoms with E-state index >= 15 is 0 Å². The highest BCUT2D eigenvalue weighted by Gasteiger charge is 2.19. The molecule has 0 bridgehead atoms. The van der Waals surface area contributed by atoms with Crippen LogP contribution in [0.3, 0.4) is 0 Å². The second-order valence-corrected chi connectivity index (χ2v) is 10.5. The fourth-order valence-corrected chi connectivity index (χ4v) is 5.42. The molecule has 0 radical (unpaired) electrons. The molecule has 0 spiro atoms. The molecule has 39 heavy (non-hydrogen) atoms. The van der Waals surface area contributed by atoms with E-state index in [-0.39, 0.29) is 11.5 Å². The molecular formula is C33H36N4O2. The molecule has 5 rings (SSSR count). The second-order valence-electron chi connectivity index (χ2n) is 10.5. The van der Waals surface area contributed by atoms with Gasteiger partial charge in [-0.2, -0.15) is 9.78 Å². The number of ether oxygens (including phenoxy) is 1. The van der Waals surface area contributed by atoms with Gasteiger partial charge in [-0.1, -0.05) is 51.1 Å². The summed E-state index contributed by atoms with van der Waals surface area (Å²) in [6.07, 6.45) is 2.84. The minimum atomic E-state index is -0.198. The van der Waals surface area contributed by atoms with E-state index in [4.69, 9.17) is 14.8 Å². The number of aryl methyl sites for hydroxylation is 1. The van der Waals surface area contributed by atoms with Gasteiger partial charge in [-0.3, -0.25) is 4.79 Å². The predicted molar refractivity (Wildman–Crippen MR) is 161 cm³/mol. The zero-order chi connectivity index (χ0) is 27.8. The molecule has 0 N–H and O–H groups in total. The summed E-state index contributed by atoms with van der Waals surface area (Å²) >= 11 is 0. The molecule has 1 atom stereocenters. The van der Waals surface area contributed by atoms with E-state index in [0.717, 1.165) is 45.5 Å². The number of fused-ring (bicyclic) bond motifs is 2. The fraction of sp³-hybridized carbons (Fsp3) is 0.303. The standard InChI is InChI=1S/C33H36N4O2/c1-8-22(5)36-23(6)28(24-13-10-12-16-30(24)36)19-34-37-32(35-29-15-11-9-14-25(29)33(37)38)27-18-26(20(2)3)31(39-7)17-21(27)4/h9-20,22H,8H2,1-7H3/t22-/m1/s1. The van der Waals surface area contributed by atoms with Crippen molar-refractivity contribution in [3.05, 3.63) is 93.4 Å². The van der Waals surface area contributed by atoms with Crippen LogP contribution in [0.5, 0.6) is 5.75 Å². The van der Waals surface area contributed by atoms with E-state index in [2.05, 4.69) is 63.5 Å². The average Bonchev–Trinajstić information content (AvgIpc) is 3.22. The number of benzene rings is 3. The van der Waals surface area contributed by atoms with Crippen LogP contribution < -0.4 is 10.3 Å². The minimum absolute atomic E-state index is 0.198. The molecule has 0 amide bonds. The van der Waals surface area contributed by atoms with Crippen LogP contribution in [0.4, 0.5) is 0 Å². The Kier molecular flexibility index (Phi) is 7.13. The van der Waals surface area contributed by atoms with Gasteiger partial charge in [0, 0.05) is 33.8 Å². The van der Waals surface area contributed by atoms with E-state index in [1.54, 1.807) is 13.2 Å². The van der Waals surface area contributed by atoms with Crippen LogP contribution in [-0.2, 0) is 0 Å². The van der Waals surface area contributed by atoms with Gasteiger partial charge in [0.15, 0.2) is 5.82 Å². The van der Waals surface area contributed by atoms with Crippen molar-refractivity contribution in [2.75, 3.05) is 7.11 Å². The van der Waals surface area contributed by atoms with Crippen molar-refractivity contribution in [1.82, 2.24) is 14.2 Å². The number of nitrogens with zero attached hydrogens (tertiary/aromatic N) is 4. The summed E-state index contributed by atoms with van der Waals surface area (Å²) in [6.45, 7) is 12.8. The molecule has 0 aliphatic rings. The van der Waals surface area contributed by atoms with Gasteiger partial charge < -0.3 is 9.30 Å². The zero-order valence-corrected chi connectivity index (χ0v) is 23.8. The smallest absolute Gasteiger partial charge is 0.282 e. The molecule has 6 heteroatoms. The van der Waals surface area contributed by atoms with Crippen LogP contribution >= 0.6 is 0 Å². The van der Waals surface area contributed by atoms with Gasteiger partial charge in [0.25, 0.3) is 5.56 Å². The normalized spacial score (nSPS) is 12.7. The van der Waals surface area contributed by atoms with E-state index in [9.17, 15) is 4.79 Å². The number of rotatable bonds is 7. The molecule has 0 saturated carbocycles. The van der Waals surface area contributed by atoms with Crippen molar-refractivity contribution in [2.24, 2.45) is 5.10 Å². The van der Waals surface area contributed by atoms with Crippen LogP contribution in [0.1, 0.15) is 68.5 Å². The van der Waals surface area contributed by atoms with E-state index < -0.39 is 0 Å². The summed E-state index contributed by atoms with van der Waals surface area (Å²) < 4.78 is 9.49. The first-order valence-corrected chi connectivity index (χ1v) is 13.6. The molecular weight excluding hydrogens is 484 g/mol. The molecule has 2 aromatic heterocycles. The molecule has 0 unspecified atom stereocenters. The van der Waals surface area contributed by atoms with Crippen molar-refractivity contribution in [1.29, 1.82) is 0 Å². The Morgan fingerprint density at radius 2 is 1.69 bits per heavy atom. The number of aromatic nitrogens is 3. The van der Waals surface area contributed by atoms with Crippen molar-refractivity contribution in [2.45, 2.75) is 59.9 Å². The Hall–Kier alpha value is -4.19. The summed E-state index contributed by atoms with van der Waals surface area (Å²) in [5, 5.41) is 6.49. The molecule has 0 aliphatic carbocycles. The highest BCUT2D eigenvalue weighted by atomic mass is 16.5. The van der Waals surface area contributed by atoms with Crippen LogP contribution in [0, 0.1) is 13.8 Å². The Morgan fingerprint density at radius 1 is 1.00 bits per heavy atom. The summed E-state index contributed by atoms with van der Waals surface area (Å²) in [4.78, 5) is 18.9. The van der Waals surface area contributed by atoms with Crippen LogP contribution in [0.25, 0.3) is 33.2 Å². The van der Waals surface area contributed by atoms with Crippen LogP contribution in [0.15, 0.2) is 70.6 Å². The first-order chi connectivity index (χ1) is 18.8. The number of hydrogen-bond donors (Lipinski definition) is 0. The van der Waals surface area contributed by atoms with E-state index in [1.165, 1.54) is 10.2 Å². The SMILES string of the molecule is CC[C@@H](C)n1c(C)c(C=Nn2c(-c3cc(C(C)C)c(OC)cc3C)nc3ccccc3c2=O)c2ccccc21. The third-order valence-corrected chi connectivity index (χ3v) is 7.73. The van der Waals surface area contributed by atoms with Gasteiger partial charge in [-0.25, -0.2) is 4.98 Å². The van der Waals surface area contributed by atoms with Gasteiger partial charge in [0.05, 0.1) is 24.2 Å². The highest BCUT2D eigenvalue weighted by molar-refractivity contribution is 6.01. The van der Waals surface area contributed by atoms with Crippen LogP contribution in [-0.4, -0.2) is 27.6 Å². The summed E-state index contributed by atoms with van der Waals surface area (Å²) in [7, 11) is 1.69. The van der Waals surface area contributed by atoms with Crippen molar-refractivity contribution >= 4 is 28.0 Å². The third-order valence-electron chi connectivity index (χ3n) is 7.73. The fourth-order valence-electron chi connectivity index (χ4n) is 5.42. The Balaban J connectivity index is 1.78. The van der Waals surface area contributed by atoms with Gasteiger partial charge in [-0.15, -0.1) is 0 Å². The third kappa shape index (κ3) is 4.54. The van der Waals surface area contributed by atoms with E-state index in [0.29, 0.717) is 22.8 Å². The maximum atomic E-state index is 13.9. The Bertz CT molecular complexity index is 1770. The number of para-hydroxylation sites is 2. The maximum Gasteiger partial charge on any atom is 0.282 e. The van der Waals surface area contributed by atoms with Gasteiger partial charge in [-0.05, 0) is 74.6 Å². The first-order valence-electron chi connectivity index (χ1n) is 13.6. The van der Waals surface area contributed by atoms with Crippen molar-refractivity contribution in [3.63, 3.8) is 0 Å². The summed E-state index contributed by atoms with van der Waals surface area (Å²) in [6, 6.07) is 20.3. The lowest BCUT2D eigenvalue weighted by molar-refractivity contribution is 0.407. The lowest BCUT2D eigenvalue weighted by Gasteiger charge is -2.17. The zero-order valence-electron chi connectivity index (χ0n) is 23.8. The summed E-state index contributed by atoms with van der Waals surface area (Å²) in [5.41, 5.74) is 6.63. The molecule has 200 valence electrons. The summed E-state index contributed by atoms with van der Waals surface area (Å²) in [5.74, 6) is 1.58. The predicted octanol–water partition coefficient (Wildman–Crippen LogP) is 7.62. The quantitative estimate of drug-likeness (QED) is 0.207. The van der Waals surface area contributed by atoms with Gasteiger partial charge in [0.2, 0.25) is 0 Å².